The number of pyridine rings is 1. The molecule has 1 aromatic heterocycles. The van der Waals surface area contributed by atoms with Crippen LogP contribution in [0, 0.1) is 12.3 Å². The Kier molecular flexibility index (Phi) is 8.20. The maximum atomic E-state index is 10.9. The zero-order valence-electron chi connectivity index (χ0n) is 22.8. The molecular formula is C32H36N2O4. The van der Waals surface area contributed by atoms with Crippen LogP contribution in [-0.2, 0) is 11.3 Å². The van der Waals surface area contributed by atoms with Crippen LogP contribution in [0.25, 0.3) is 21.9 Å². The number of aliphatic carboxylic acids is 1. The Bertz CT molecular complexity index is 1410. The monoisotopic (exact) mass is 512 g/mol. The summed E-state index contributed by atoms with van der Waals surface area (Å²) in [5, 5.41) is 10.9. The summed E-state index contributed by atoms with van der Waals surface area (Å²) in [5.74, 6) is 1.33. The normalized spacial score (nSPS) is 11.4. The summed E-state index contributed by atoms with van der Waals surface area (Å²) >= 11 is 0. The predicted molar refractivity (Wildman–Crippen MR) is 153 cm³/mol. The summed E-state index contributed by atoms with van der Waals surface area (Å²) in [4.78, 5) is 18.0. The van der Waals surface area contributed by atoms with Gasteiger partial charge < -0.3 is 19.5 Å². The Balaban J connectivity index is 1.61. The molecule has 0 aliphatic rings. The number of rotatable bonds is 10. The third kappa shape index (κ3) is 6.82. The predicted octanol–water partition coefficient (Wildman–Crippen LogP) is 7.13. The summed E-state index contributed by atoms with van der Waals surface area (Å²) in [6.07, 6.45) is 2.81. The zero-order valence-corrected chi connectivity index (χ0v) is 22.8. The number of benzene rings is 3. The molecule has 0 amide bonds. The summed E-state index contributed by atoms with van der Waals surface area (Å²) in [6.45, 7) is 10.0. The van der Waals surface area contributed by atoms with Gasteiger partial charge in [-0.05, 0) is 82.8 Å². The van der Waals surface area contributed by atoms with Crippen LogP contribution in [0.2, 0.25) is 0 Å². The number of fused-ring (bicyclic) bond motifs is 1. The third-order valence-electron chi connectivity index (χ3n) is 6.56. The molecule has 3 aromatic carbocycles. The van der Waals surface area contributed by atoms with Gasteiger partial charge in [-0.3, -0.25) is 0 Å². The Hall–Kier alpha value is -4.06. The van der Waals surface area contributed by atoms with Crippen LogP contribution in [0.5, 0.6) is 11.5 Å². The Morgan fingerprint density at radius 1 is 0.974 bits per heavy atom. The Morgan fingerprint density at radius 2 is 1.71 bits per heavy atom. The molecule has 0 saturated heterocycles. The number of methoxy groups -OCH3 is 1. The van der Waals surface area contributed by atoms with Gasteiger partial charge in [-0.2, -0.15) is 0 Å². The van der Waals surface area contributed by atoms with E-state index in [0.29, 0.717) is 5.75 Å². The molecule has 6 nitrogen and oxygen atoms in total. The number of nitrogens with zero attached hydrogens (tertiary/aromatic N) is 2. The first-order valence-electron chi connectivity index (χ1n) is 12.9. The van der Waals surface area contributed by atoms with E-state index in [1.807, 2.05) is 30.3 Å². The van der Waals surface area contributed by atoms with Crippen LogP contribution in [0.15, 0.2) is 72.9 Å². The number of ether oxygens (including phenoxy) is 2. The molecule has 0 aliphatic heterocycles. The van der Waals surface area contributed by atoms with Crippen molar-refractivity contribution in [3.63, 3.8) is 0 Å². The molecule has 0 bridgehead atoms. The van der Waals surface area contributed by atoms with Gasteiger partial charge in [0.25, 0.3) is 0 Å². The molecule has 6 heteroatoms. The van der Waals surface area contributed by atoms with Crippen LogP contribution in [-0.4, -0.2) is 36.3 Å². The average molecular weight is 513 g/mol. The second-order valence-corrected chi connectivity index (χ2v) is 10.8. The number of aryl methyl sites for hydroxylation is 1. The quantitative estimate of drug-likeness (QED) is 0.244. The Morgan fingerprint density at radius 3 is 2.37 bits per heavy atom. The summed E-state index contributed by atoms with van der Waals surface area (Å²) in [7, 11) is 1.69. The van der Waals surface area contributed by atoms with Crippen molar-refractivity contribution in [2.45, 2.75) is 40.7 Å². The topological polar surface area (TPSA) is 71.9 Å². The molecule has 1 heterocycles. The van der Waals surface area contributed by atoms with E-state index < -0.39 is 5.97 Å². The van der Waals surface area contributed by atoms with Crippen molar-refractivity contribution >= 4 is 22.6 Å². The number of hydrogen-bond acceptors (Lipinski definition) is 5. The highest BCUT2D eigenvalue weighted by Crippen LogP contribution is 2.31. The molecular weight excluding hydrogens is 476 g/mol. The molecule has 38 heavy (non-hydrogen) atoms. The van der Waals surface area contributed by atoms with Gasteiger partial charge in [0, 0.05) is 24.7 Å². The van der Waals surface area contributed by atoms with E-state index in [1.165, 1.54) is 5.56 Å². The van der Waals surface area contributed by atoms with Gasteiger partial charge >= 0.3 is 5.97 Å². The average Bonchev–Trinajstić information content (AvgIpc) is 2.89. The fourth-order valence-electron chi connectivity index (χ4n) is 4.44. The lowest BCUT2D eigenvalue weighted by molar-refractivity contribution is -0.139. The first-order valence-corrected chi connectivity index (χ1v) is 12.9. The van der Waals surface area contributed by atoms with Crippen molar-refractivity contribution in [2.75, 3.05) is 25.2 Å². The zero-order chi connectivity index (χ0) is 27.3. The molecule has 4 rings (SSSR count). The maximum Gasteiger partial charge on any atom is 0.341 e. The van der Waals surface area contributed by atoms with E-state index in [0.717, 1.165) is 58.5 Å². The van der Waals surface area contributed by atoms with E-state index in [1.54, 1.807) is 13.3 Å². The first-order chi connectivity index (χ1) is 18.1. The fraction of sp³-hybridized carbons (Fsp3) is 0.312. The van der Waals surface area contributed by atoms with Gasteiger partial charge in [-0.1, -0.05) is 51.1 Å². The summed E-state index contributed by atoms with van der Waals surface area (Å²) in [5.41, 5.74) is 4.82. The number of hydrogen-bond donors (Lipinski definition) is 1. The van der Waals surface area contributed by atoms with Crippen molar-refractivity contribution in [3.8, 4) is 22.6 Å². The molecule has 4 aromatic rings. The van der Waals surface area contributed by atoms with Crippen molar-refractivity contribution in [3.05, 3.63) is 84.1 Å². The highest BCUT2D eigenvalue weighted by atomic mass is 16.5. The second-order valence-electron chi connectivity index (χ2n) is 10.8. The molecule has 0 saturated carbocycles. The minimum Gasteiger partial charge on any atom is -0.496 e. The smallest absolute Gasteiger partial charge is 0.341 e. The third-order valence-corrected chi connectivity index (χ3v) is 6.56. The molecule has 0 atom stereocenters. The van der Waals surface area contributed by atoms with Crippen LogP contribution in [0.1, 0.15) is 38.3 Å². The first kappa shape index (κ1) is 27.0. The van der Waals surface area contributed by atoms with Gasteiger partial charge in [-0.15, -0.1) is 0 Å². The summed E-state index contributed by atoms with van der Waals surface area (Å²) < 4.78 is 10.8. The lowest BCUT2D eigenvalue weighted by Gasteiger charge is -2.29. The minimum atomic E-state index is -0.998. The molecule has 1 N–H and O–H groups in total. The molecule has 0 unspecified atom stereocenters. The number of anilines is 1. The van der Waals surface area contributed by atoms with Crippen molar-refractivity contribution in [1.29, 1.82) is 0 Å². The fourth-order valence-corrected chi connectivity index (χ4v) is 4.44. The van der Waals surface area contributed by atoms with E-state index in [-0.39, 0.29) is 12.0 Å². The van der Waals surface area contributed by atoms with Crippen molar-refractivity contribution < 1.29 is 19.4 Å². The standard InChI is InChI=1S/C32H36N2O4/c1-22-18-25(10-13-29(22)37-5)24-8-6-23(7-9-24)20-34(17-15-32(2,3)4)31-28-12-11-27(38-21-30(35)36)19-26(28)14-16-33-31/h6-14,16,18-19H,15,17,20-21H2,1-5H3,(H,35,36). The highest BCUT2D eigenvalue weighted by Gasteiger charge is 2.18. The van der Waals surface area contributed by atoms with Gasteiger partial charge in [0.15, 0.2) is 6.61 Å². The lowest BCUT2D eigenvalue weighted by atomic mass is 9.92. The highest BCUT2D eigenvalue weighted by molar-refractivity contribution is 5.93. The number of carboxylic acid groups (broad SMARTS) is 1. The van der Waals surface area contributed by atoms with Crippen LogP contribution in [0.4, 0.5) is 5.82 Å². The van der Waals surface area contributed by atoms with E-state index >= 15 is 0 Å². The molecule has 0 spiro atoms. The molecule has 0 aliphatic carbocycles. The van der Waals surface area contributed by atoms with Gasteiger partial charge in [0.1, 0.15) is 17.3 Å². The van der Waals surface area contributed by atoms with E-state index in [2.05, 4.69) is 69.0 Å². The number of carbonyl (C=O) groups is 1. The molecule has 198 valence electrons. The molecule has 0 radical (unpaired) electrons. The maximum absolute atomic E-state index is 10.9. The number of aromatic nitrogens is 1. The second kappa shape index (κ2) is 11.5. The van der Waals surface area contributed by atoms with E-state index in [4.69, 9.17) is 19.6 Å². The van der Waals surface area contributed by atoms with Crippen molar-refractivity contribution in [1.82, 2.24) is 4.98 Å². The number of carboxylic acids is 1. The van der Waals surface area contributed by atoms with E-state index in [9.17, 15) is 4.79 Å². The lowest BCUT2D eigenvalue weighted by Crippen LogP contribution is -2.28. The Labute approximate surface area is 224 Å². The van der Waals surface area contributed by atoms with Gasteiger partial charge in [0.05, 0.1) is 7.11 Å². The van der Waals surface area contributed by atoms with Crippen LogP contribution in [0.3, 0.4) is 0 Å². The van der Waals surface area contributed by atoms with Gasteiger partial charge in [-0.25, -0.2) is 9.78 Å². The van der Waals surface area contributed by atoms with Crippen LogP contribution >= 0.6 is 0 Å². The SMILES string of the molecule is COc1ccc(-c2ccc(CN(CCC(C)(C)C)c3nccc4cc(OCC(=O)O)ccc34)cc2)cc1C. The minimum absolute atomic E-state index is 0.177. The van der Waals surface area contributed by atoms with Crippen molar-refractivity contribution in [2.24, 2.45) is 5.41 Å². The largest absolute Gasteiger partial charge is 0.496 e. The van der Waals surface area contributed by atoms with Crippen LogP contribution < -0.4 is 14.4 Å². The molecule has 0 fully saturated rings. The van der Waals surface area contributed by atoms with Gasteiger partial charge in [0.2, 0.25) is 0 Å². The summed E-state index contributed by atoms with van der Waals surface area (Å²) in [6, 6.07) is 22.5.